The zero-order chi connectivity index (χ0) is 11.0. The minimum absolute atomic E-state index is 0.737. The molecule has 3 nitrogen and oxygen atoms in total. The van der Waals surface area contributed by atoms with Crippen molar-refractivity contribution in [3.63, 3.8) is 0 Å². The van der Waals surface area contributed by atoms with Gasteiger partial charge in [-0.3, -0.25) is 4.79 Å². The average molecular weight is 216 g/mol. The number of nitrogens with one attached hydrogen (secondary N) is 1. The summed E-state index contributed by atoms with van der Waals surface area (Å²) in [5.41, 5.74) is 3.14. The molecule has 1 N–H and O–H groups in total. The molecule has 0 saturated heterocycles. The van der Waals surface area contributed by atoms with Crippen molar-refractivity contribution in [3.05, 3.63) is 23.8 Å². The molecular formula is C13H16N2O. The Hall–Kier alpha value is -1.51. The molecule has 1 aromatic carbocycles. The monoisotopic (exact) mass is 216 g/mol. The van der Waals surface area contributed by atoms with Crippen LogP contribution in [0, 0.1) is 0 Å². The molecule has 0 aromatic heterocycles. The van der Waals surface area contributed by atoms with Crippen molar-refractivity contribution < 1.29 is 4.79 Å². The van der Waals surface area contributed by atoms with Crippen molar-refractivity contribution in [2.75, 3.05) is 23.3 Å². The molecule has 1 aliphatic carbocycles. The minimum Gasteiger partial charge on any atom is -0.383 e. The minimum atomic E-state index is 0.737. The highest BCUT2D eigenvalue weighted by Crippen LogP contribution is 2.37. The average Bonchev–Trinajstić information content (AvgIpc) is 3.13. The van der Waals surface area contributed by atoms with Gasteiger partial charge in [0.25, 0.3) is 0 Å². The Morgan fingerprint density at radius 1 is 1.38 bits per heavy atom. The largest absolute Gasteiger partial charge is 0.383 e. The molecule has 84 valence electrons. The van der Waals surface area contributed by atoms with Crippen LogP contribution in [0.3, 0.4) is 0 Å². The van der Waals surface area contributed by atoms with Gasteiger partial charge >= 0.3 is 0 Å². The van der Waals surface area contributed by atoms with Crippen LogP contribution in [0.15, 0.2) is 18.2 Å². The Labute approximate surface area is 95.4 Å². The topological polar surface area (TPSA) is 32.3 Å². The zero-order valence-electron chi connectivity index (χ0n) is 9.28. The maximum atomic E-state index is 10.8. The highest BCUT2D eigenvalue weighted by molar-refractivity contribution is 5.82. The van der Waals surface area contributed by atoms with Crippen molar-refractivity contribution in [2.24, 2.45) is 0 Å². The van der Waals surface area contributed by atoms with Crippen LogP contribution < -0.4 is 10.2 Å². The summed E-state index contributed by atoms with van der Waals surface area (Å²) in [6.45, 7) is 2.13. The van der Waals surface area contributed by atoms with Gasteiger partial charge in [-0.15, -0.1) is 0 Å². The first-order valence-electron chi connectivity index (χ1n) is 5.98. The number of hydrogen-bond acceptors (Lipinski definition) is 3. The number of benzene rings is 1. The molecule has 1 saturated carbocycles. The van der Waals surface area contributed by atoms with Gasteiger partial charge in [0.15, 0.2) is 0 Å². The Bertz CT molecular complexity index is 412. The van der Waals surface area contributed by atoms with Crippen molar-refractivity contribution in [1.29, 1.82) is 0 Å². The third kappa shape index (κ3) is 1.66. The first-order chi connectivity index (χ1) is 7.88. The predicted molar refractivity (Wildman–Crippen MR) is 65.3 cm³/mol. The zero-order valence-corrected chi connectivity index (χ0v) is 9.28. The Balaban J connectivity index is 2.00. The lowest BCUT2D eigenvalue weighted by Gasteiger charge is -2.24. The van der Waals surface area contributed by atoms with Crippen LogP contribution in [0.4, 0.5) is 11.4 Å². The number of nitrogens with zero attached hydrogens (tertiary/aromatic N) is 1. The summed E-state index contributed by atoms with van der Waals surface area (Å²) in [5.74, 6) is 0. The van der Waals surface area contributed by atoms with Gasteiger partial charge < -0.3 is 10.2 Å². The number of carbonyl (C=O) groups excluding carboxylic acids is 1. The molecule has 3 heteroatoms. The first-order valence-corrected chi connectivity index (χ1v) is 5.98. The number of rotatable bonds is 2. The lowest BCUT2D eigenvalue weighted by atomic mass is 10.1. The fourth-order valence-electron chi connectivity index (χ4n) is 2.38. The molecule has 2 aliphatic rings. The molecule has 1 heterocycles. The summed E-state index contributed by atoms with van der Waals surface area (Å²) < 4.78 is 0. The summed E-state index contributed by atoms with van der Waals surface area (Å²) >= 11 is 0. The van der Waals surface area contributed by atoms with Crippen LogP contribution in [0.1, 0.15) is 29.6 Å². The van der Waals surface area contributed by atoms with Crippen molar-refractivity contribution in [2.45, 2.75) is 25.3 Å². The molecule has 0 bridgehead atoms. The predicted octanol–water partition coefficient (Wildman–Crippen LogP) is 2.28. The molecule has 16 heavy (non-hydrogen) atoms. The number of fused-ring (bicyclic) bond motifs is 1. The van der Waals surface area contributed by atoms with E-state index in [-0.39, 0.29) is 0 Å². The Morgan fingerprint density at radius 3 is 3.00 bits per heavy atom. The van der Waals surface area contributed by atoms with Crippen LogP contribution in [0.5, 0.6) is 0 Å². The number of hydrogen-bond donors (Lipinski definition) is 1. The van der Waals surface area contributed by atoms with E-state index in [0.717, 1.165) is 36.7 Å². The summed E-state index contributed by atoms with van der Waals surface area (Å²) in [7, 11) is 0. The first kappa shape index (κ1) is 9.70. The van der Waals surface area contributed by atoms with Crippen LogP contribution in [-0.2, 0) is 0 Å². The molecule has 0 atom stereocenters. The number of carbonyl (C=O) groups is 1. The van der Waals surface area contributed by atoms with Crippen LogP contribution in [0.25, 0.3) is 0 Å². The smallest absolute Gasteiger partial charge is 0.150 e. The number of anilines is 2. The van der Waals surface area contributed by atoms with Gasteiger partial charge in [-0.2, -0.15) is 0 Å². The number of aldehydes is 1. The van der Waals surface area contributed by atoms with Gasteiger partial charge in [-0.05, 0) is 37.5 Å². The standard InChI is InChI=1S/C13H16N2O/c16-9-10-2-5-13-12(8-10)14-6-1-7-15(13)11-3-4-11/h2,5,8-9,11,14H,1,3-4,6-7H2. The molecule has 0 spiro atoms. The molecule has 3 rings (SSSR count). The van der Waals surface area contributed by atoms with E-state index in [2.05, 4.69) is 16.3 Å². The third-order valence-corrected chi connectivity index (χ3v) is 3.35. The normalized spacial score (nSPS) is 19.6. The van der Waals surface area contributed by atoms with Crippen LogP contribution >= 0.6 is 0 Å². The van der Waals surface area contributed by atoms with Crippen LogP contribution in [0.2, 0.25) is 0 Å². The van der Waals surface area contributed by atoms with E-state index in [9.17, 15) is 4.79 Å². The summed E-state index contributed by atoms with van der Waals surface area (Å²) in [4.78, 5) is 13.3. The van der Waals surface area contributed by atoms with Gasteiger partial charge in [0, 0.05) is 24.7 Å². The lowest BCUT2D eigenvalue weighted by Crippen LogP contribution is -2.26. The summed E-state index contributed by atoms with van der Waals surface area (Å²) in [6.07, 6.45) is 4.71. The van der Waals surface area contributed by atoms with Crippen LogP contribution in [-0.4, -0.2) is 25.4 Å². The molecule has 0 radical (unpaired) electrons. The van der Waals surface area contributed by atoms with E-state index in [1.54, 1.807) is 0 Å². The van der Waals surface area contributed by atoms with Crippen molar-refractivity contribution >= 4 is 17.7 Å². The molecule has 0 unspecified atom stereocenters. The highest BCUT2D eigenvalue weighted by atomic mass is 16.1. The Morgan fingerprint density at radius 2 is 2.25 bits per heavy atom. The van der Waals surface area contributed by atoms with E-state index in [1.165, 1.54) is 24.9 Å². The second kappa shape index (κ2) is 3.81. The molecule has 1 aliphatic heterocycles. The van der Waals surface area contributed by atoms with E-state index in [0.29, 0.717) is 0 Å². The van der Waals surface area contributed by atoms with E-state index in [1.807, 2.05) is 12.1 Å². The fourth-order valence-corrected chi connectivity index (χ4v) is 2.38. The highest BCUT2D eigenvalue weighted by Gasteiger charge is 2.31. The quantitative estimate of drug-likeness (QED) is 0.770. The molecule has 1 fully saturated rings. The van der Waals surface area contributed by atoms with E-state index >= 15 is 0 Å². The Kier molecular flexibility index (Phi) is 2.31. The van der Waals surface area contributed by atoms with E-state index in [4.69, 9.17) is 0 Å². The van der Waals surface area contributed by atoms with Gasteiger partial charge in [0.05, 0.1) is 11.4 Å². The van der Waals surface area contributed by atoms with Gasteiger partial charge in [-0.1, -0.05) is 0 Å². The van der Waals surface area contributed by atoms with Crippen molar-refractivity contribution in [3.8, 4) is 0 Å². The maximum absolute atomic E-state index is 10.8. The van der Waals surface area contributed by atoms with E-state index < -0.39 is 0 Å². The summed E-state index contributed by atoms with van der Waals surface area (Å²) in [6, 6.07) is 6.69. The summed E-state index contributed by atoms with van der Waals surface area (Å²) in [5, 5.41) is 3.41. The van der Waals surface area contributed by atoms with Crippen molar-refractivity contribution in [1.82, 2.24) is 0 Å². The maximum Gasteiger partial charge on any atom is 0.150 e. The lowest BCUT2D eigenvalue weighted by molar-refractivity contribution is 0.112. The second-order valence-corrected chi connectivity index (χ2v) is 4.60. The molecular weight excluding hydrogens is 200 g/mol. The van der Waals surface area contributed by atoms with Gasteiger partial charge in [-0.25, -0.2) is 0 Å². The van der Waals surface area contributed by atoms with Gasteiger partial charge in [0.2, 0.25) is 0 Å². The van der Waals surface area contributed by atoms with Gasteiger partial charge in [0.1, 0.15) is 6.29 Å². The fraction of sp³-hybridized carbons (Fsp3) is 0.462. The third-order valence-electron chi connectivity index (χ3n) is 3.35. The molecule has 0 amide bonds. The second-order valence-electron chi connectivity index (χ2n) is 4.60. The SMILES string of the molecule is O=Cc1ccc2c(c1)NCCCN2C1CC1. The molecule has 1 aromatic rings.